The molecule has 2 aromatic heterocycles. The van der Waals surface area contributed by atoms with Crippen molar-refractivity contribution in [2.45, 2.75) is 26.0 Å². The molecule has 10 heteroatoms. The summed E-state index contributed by atoms with van der Waals surface area (Å²) in [5.74, 6) is 1.56. The third-order valence-corrected chi connectivity index (χ3v) is 6.24. The molecule has 1 atom stereocenters. The molecule has 3 heterocycles. The molecule has 4 rings (SSSR count). The standard InChI is InChI=1S/C21H23N5O4S/c1-10-6-11(2)23-21(22-10)26-20-17(12(3)25-26)19(31-9-16(27)24-20)13-7-14(29-4)18(28)15(8-13)30-5/h6-8,19,28H,9H2,1-5H3,(H,24,27). The predicted molar refractivity (Wildman–Crippen MR) is 118 cm³/mol. The zero-order valence-corrected chi connectivity index (χ0v) is 18.7. The largest absolute Gasteiger partial charge is 0.502 e. The quantitative estimate of drug-likeness (QED) is 0.635. The molecule has 0 aliphatic carbocycles. The van der Waals surface area contributed by atoms with E-state index in [4.69, 9.17) is 9.47 Å². The number of anilines is 1. The van der Waals surface area contributed by atoms with Crippen LogP contribution in [0, 0.1) is 20.8 Å². The molecule has 1 aliphatic rings. The number of phenolic OH excluding ortho intramolecular Hbond substituents is 1. The highest BCUT2D eigenvalue weighted by atomic mass is 32.2. The lowest BCUT2D eigenvalue weighted by molar-refractivity contribution is -0.113. The Morgan fingerprint density at radius 1 is 1.10 bits per heavy atom. The molecule has 0 radical (unpaired) electrons. The minimum absolute atomic E-state index is 0.0714. The van der Waals surface area contributed by atoms with E-state index >= 15 is 0 Å². The molecular formula is C21H23N5O4S. The number of nitrogens with one attached hydrogen (secondary N) is 1. The van der Waals surface area contributed by atoms with E-state index in [-0.39, 0.29) is 22.7 Å². The van der Waals surface area contributed by atoms with Gasteiger partial charge in [-0.15, -0.1) is 11.8 Å². The number of amides is 1. The van der Waals surface area contributed by atoms with Crippen LogP contribution in [0.1, 0.15) is 33.5 Å². The van der Waals surface area contributed by atoms with Gasteiger partial charge in [-0.25, -0.2) is 9.97 Å². The number of carbonyl (C=O) groups is 1. The average molecular weight is 442 g/mol. The van der Waals surface area contributed by atoms with Gasteiger partial charge in [0.15, 0.2) is 11.5 Å². The van der Waals surface area contributed by atoms with Crippen LogP contribution in [-0.4, -0.2) is 50.7 Å². The van der Waals surface area contributed by atoms with Gasteiger partial charge in [0.2, 0.25) is 11.7 Å². The molecule has 31 heavy (non-hydrogen) atoms. The van der Waals surface area contributed by atoms with Crippen LogP contribution in [0.2, 0.25) is 0 Å². The lowest BCUT2D eigenvalue weighted by Crippen LogP contribution is -2.17. The minimum atomic E-state index is -0.253. The molecule has 9 nitrogen and oxygen atoms in total. The smallest absolute Gasteiger partial charge is 0.252 e. The molecule has 1 amide bonds. The lowest BCUT2D eigenvalue weighted by atomic mass is 10.0. The molecule has 0 spiro atoms. The van der Waals surface area contributed by atoms with Gasteiger partial charge in [0.1, 0.15) is 5.82 Å². The maximum Gasteiger partial charge on any atom is 0.252 e. The fourth-order valence-electron chi connectivity index (χ4n) is 3.66. The fraction of sp³-hybridized carbons (Fsp3) is 0.333. The number of methoxy groups -OCH3 is 2. The second-order valence-corrected chi connectivity index (χ2v) is 8.32. The van der Waals surface area contributed by atoms with Crippen molar-refractivity contribution in [2.24, 2.45) is 0 Å². The number of aryl methyl sites for hydroxylation is 3. The van der Waals surface area contributed by atoms with Gasteiger partial charge in [-0.05, 0) is 44.5 Å². The van der Waals surface area contributed by atoms with Crippen LogP contribution < -0.4 is 14.8 Å². The number of ether oxygens (including phenoxy) is 2. The van der Waals surface area contributed by atoms with E-state index in [1.165, 1.54) is 26.0 Å². The number of hydrogen-bond acceptors (Lipinski definition) is 8. The topological polar surface area (TPSA) is 111 Å². The summed E-state index contributed by atoms with van der Waals surface area (Å²) in [6.45, 7) is 5.66. The zero-order chi connectivity index (χ0) is 22.3. The molecule has 1 aromatic carbocycles. The Hall–Kier alpha value is -3.27. The number of fused-ring (bicyclic) bond motifs is 1. The third kappa shape index (κ3) is 3.78. The highest BCUT2D eigenvalue weighted by Gasteiger charge is 2.32. The van der Waals surface area contributed by atoms with E-state index in [1.807, 2.05) is 26.8 Å². The van der Waals surface area contributed by atoms with Crippen molar-refractivity contribution in [2.75, 3.05) is 25.3 Å². The van der Waals surface area contributed by atoms with E-state index < -0.39 is 0 Å². The Balaban J connectivity index is 1.92. The van der Waals surface area contributed by atoms with Crippen molar-refractivity contribution in [3.8, 4) is 23.2 Å². The third-order valence-electron chi connectivity index (χ3n) is 4.97. The number of aromatic hydroxyl groups is 1. The molecule has 162 valence electrons. The number of benzene rings is 1. The van der Waals surface area contributed by atoms with Gasteiger partial charge in [0, 0.05) is 17.0 Å². The number of hydrogen-bond donors (Lipinski definition) is 2. The zero-order valence-electron chi connectivity index (χ0n) is 17.9. The Labute approximate surface area is 183 Å². The SMILES string of the molecule is COc1cc(C2SCC(=O)Nc3c2c(C)nn3-c2nc(C)cc(C)n2)cc(OC)c1O. The van der Waals surface area contributed by atoms with Gasteiger partial charge in [-0.2, -0.15) is 9.78 Å². The summed E-state index contributed by atoms with van der Waals surface area (Å²) in [5.41, 5.74) is 4.02. The fourth-order valence-corrected chi connectivity index (χ4v) is 4.83. The van der Waals surface area contributed by atoms with Crippen LogP contribution in [-0.2, 0) is 4.79 Å². The lowest BCUT2D eigenvalue weighted by Gasteiger charge is -2.18. The first-order chi connectivity index (χ1) is 14.8. The number of nitrogens with zero attached hydrogens (tertiary/aromatic N) is 4. The van der Waals surface area contributed by atoms with Gasteiger partial charge in [0.05, 0.1) is 30.9 Å². The van der Waals surface area contributed by atoms with Crippen molar-refractivity contribution in [1.29, 1.82) is 0 Å². The molecule has 0 saturated carbocycles. The molecule has 3 aromatic rings. The number of phenols is 1. The summed E-state index contributed by atoms with van der Waals surface area (Å²) in [5, 5.41) is 17.7. The normalized spacial score (nSPS) is 15.8. The average Bonchev–Trinajstić information content (AvgIpc) is 2.93. The number of carbonyl (C=O) groups excluding carboxylic acids is 1. The first-order valence-electron chi connectivity index (χ1n) is 9.61. The van der Waals surface area contributed by atoms with Crippen LogP contribution in [0.5, 0.6) is 17.2 Å². The first kappa shape index (κ1) is 21.0. The maximum atomic E-state index is 12.5. The van der Waals surface area contributed by atoms with Gasteiger partial charge in [0.25, 0.3) is 5.95 Å². The van der Waals surface area contributed by atoms with E-state index in [0.29, 0.717) is 23.3 Å². The predicted octanol–water partition coefficient (Wildman–Crippen LogP) is 3.09. The van der Waals surface area contributed by atoms with Gasteiger partial charge in [-0.3, -0.25) is 4.79 Å². The number of thioether (sulfide) groups is 1. The van der Waals surface area contributed by atoms with Gasteiger partial charge >= 0.3 is 0 Å². The van der Waals surface area contributed by atoms with Crippen LogP contribution in [0.3, 0.4) is 0 Å². The highest BCUT2D eigenvalue weighted by molar-refractivity contribution is 8.00. The van der Waals surface area contributed by atoms with Crippen LogP contribution in [0.15, 0.2) is 18.2 Å². The monoisotopic (exact) mass is 441 g/mol. The summed E-state index contributed by atoms with van der Waals surface area (Å²) in [6, 6.07) is 5.38. The van der Waals surface area contributed by atoms with Crippen LogP contribution in [0.4, 0.5) is 5.82 Å². The van der Waals surface area contributed by atoms with Crippen molar-refractivity contribution in [3.05, 3.63) is 46.4 Å². The van der Waals surface area contributed by atoms with E-state index in [1.54, 1.807) is 16.8 Å². The van der Waals surface area contributed by atoms with E-state index in [0.717, 1.165) is 28.2 Å². The Kier molecular flexibility index (Phi) is 5.48. The Bertz CT molecular complexity index is 1130. The second-order valence-electron chi connectivity index (χ2n) is 7.22. The summed E-state index contributed by atoms with van der Waals surface area (Å²) >= 11 is 1.46. The second kappa shape index (κ2) is 8.10. The van der Waals surface area contributed by atoms with E-state index in [9.17, 15) is 9.90 Å². The summed E-state index contributed by atoms with van der Waals surface area (Å²) < 4.78 is 12.2. The maximum absolute atomic E-state index is 12.5. The number of rotatable bonds is 4. The van der Waals surface area contributed by atoms with Gasteiger partial charge in [-0.1, -0.05) is 0 Å². The molecule has 0 bridgehead atoms. The summed E-state index contributed by atoms with van der Waals surface area (Å²) in [4.78, 5) is 21.6. The van der Waals surface area contributed by atoms with Crippen molar-refractivity contribution >= 4 is 23.5 Å². The Morgan fingerprint density at radius 2 is 1.71 bits per heavy atom. The molecule has 1 unspecified atom stereocenters. The van der Waals surface area contributed by atoms with E-state index in [2.05, 4.69) is 20.4 Å². The molecule has 2 N–H and O–H groups in total. The molecule has 0 saturated heterocycles. The summed E-state index contributed by atoms with van der Waals surface area (Å²) in [7, 11) is 2.96. The van der Waals surface area contributed by atoms with Gasteiger partial charge < -0.3 is 19.9 Å². The van der Waals surface area contributed by atoms with Crippen LogP contribution in [0.25, 0.3) is 5.95 Å². The molecule has 0 fully saturated rings. The van der Waals surface area contributed by atoms with Crippen LogP contribution >= 0.6 is 11.8 Å². The summed E-state index contributed by atoms with van der Waals surface area (Å²) in [6.07, 6.45) is 0. The van der Waals surface area contributed by atoms with Crippen molar-refractivity contribution < 1.29 is 19.4 Å². The number of aromatic nitrogens is 4. The minimum Gasteiger partial charge on any atom is -0.502 e. The molecular weight excluding hydrogens is 418 g/mol. The first-order valence-corrected chi connectivity index (χ1v) is 10.7. The van der Waals surface area contributed by atoms with Crippen molar-refractivity contribution in [3.63, 3.8) is 0 Å². The highest BCUT2D eigenvalue weighted by Crippen LogP contribution is 2.47. The van der Waals surface area contributed by atoms with Crippen molar-refractivity contribution in [1.82, 2.24) is 19.7 Å². The molecule has 1 aliphatic heterocycles. The Morgan fingerprint density at radius 3 is 2.29 bits per heavy atom.